The molecular formula is C12H15BrO3. The largest absolute Gasteiger partial charge is 0.495 e. The van der Waals surface area contributed by atoms with Gasteiger partial charge in [0.05, 0.1) is 11.6 Å². The minimum Gasteiger partial charge on any atom is -0.495 e. The standard InChI is InChI=1S/C12H15BrO3/c1-8-6-9(4-3-5-11(14)15)12(16-2)10(13)7-8/h6-7H,3-5H2,1-2H3,(H,14,15). The Morgan fingerprint density at radius 1 is 1.50 bits per heavy atom. The number of aryl methyl sites for hydroxylation is 2. The van der Waals surface area contributed by atoms with Crippen molar-refractivity contribution in [1.29, 1.82) is 0 Å². The van der Waals surface area contributed by atoms with Gasteiger partial charge in [-0.3, -0.25) is 4.79 Å². The van der Waals surface area contributed by atoms with Crippen molar-refractivity contribution >= 4 is 21.9 Å². The van der Waals surface area contributed by atoms with Gasteiger partial charge in [0.2, 0.25) is 0 Å². The fraction of sp³-hybridized carbons (Fsp3) is 0.417. The predicted molar refractivity (Wildman–Crippen MR) is 66.0 cm³/mol. The number of hydrogen-bond acceptors (Lipinski definition) is 2. The molecule has 0 fully saturated rings. The average Bonchev–Trinajstić information content (AvgIpc) is 2.16. The van der Waals surface area contributed by atoms with Crippen LogP contribution in [0.25, 0.3) is 0 Å². The number of carbonyl (C=O) groups is 1. The van der Waals surface area contributed by atoms with E-state index in [1.807, 2.05) is 19.1 Å². The van der Waals surface area contributed by atoms with E-state index in [0.717, 1.165) is 27.8 Å². The van der Waals surface area contributed by atoms with Gasteiger partial charge in [0.15, 0.2) is 0 Å². The van der Waals surface area contributed by atoms with E-state index in [1.165, 1.54) is 0 Å². The van der Waals surface area contributed by atoms with Gasteiger partial charge in [-0.25, -0.2) is 0 Å². The molecule has 0 saturated heterocycles. The Hall–Kier alpha value is -1.03. The lowest BCUT2D eigenvalue weighted by Gasteiger charge is -2.11. The van der Waals surface area contributed by atoms with Gasteiger partial charge in [0, 0.05) is 6.42 Å². The van der Waals surface area contributed by atoms with Crippen molar-refractivity contribution in [3.63, 3.8) is 0 Å². The van der Waals surface area contributed by atoms with Gasteiger partial charge in [-0.1, -0.05) is 6.07 Å². The van der Waals surface area contributed by atoms with E-state index < -0.39 is 5.97 Å². The molecule has 0 amide bonds. The van der Waals surface area contributed by atoms with Crippen molar-refractivity contribution in [2.75, 3.05) is 7.11 Å². The van der Waals surface area contributed by atoms with Crippen molar-refractivity contribution < 1.29 is 14.6 Å². The zero-order valence-electron chi connectivity index (χ0n) is 9.42. The molecule has 0 aliphatic heterocycles. The van der Waals surface area contributed by atoms with Crippen molar-refractivity contribution in [3.8, 4) is 5.75 Å². The summed E-state index contributed by atoms with van der Waals surface area (Å²) in [6.07, 6.45) is 1.53. The molecule has 1 aromatic rings. The Morgan fingerprint density at radius 2 is 2.19 bits per heavy atom. The number of benzene rings is 1. The molecule has 0 spiro atoms. The molecule has 0 radical (unpaired) electrons. The van der Waals surface area contributed by atoms with E-state index in [0.29, 0.717) is 6.42 Å². The van der Waals surface area contributed by atoms with Gasteiger partial charge in [-0.2, -0.15) is 0 Å². The first-order valence-corrected chi connectivity index (χ1v) is 5.88. The summed E-state index contributed by atoms with van der Waals surface area (Å²) >= 11 is 3.44. The highest BCUT2D eigenvalue weighted by Crippen LogP contribution is 2.31. The SMILES string of the molecule is COc1c(Br)cc(C)cc1CCCC(=O)O. The second-order valence-corrected chi connectivity index (χ2v) is 4.54. The van der Waals surface area contributed by atoms with Crippen LogP contribution in [0.2, 0.25) is 0 Å². The summed E-state index contributed by atoms with van der Waals surface area (Å²) in [6, 6.07) is 4.02. The zero-order valence-corrected chi connectivity index (χ0v) is 11.0. The molecular weight excluding hydrogens is 272 g/mol. The summed E-state index contributed by atoms with van der Waals surface area (Å²) < 4.78 is 6.21. The van der Waals surface area contributed by atoms with E-state index in [9.17, 15) is 4.79 Å². The maximum absolute atomic E-state index is 10.4. The van der Waals surface area contributed by atoms with Gasteiger partial charge in [-0.15, -0.1) is 0 Å². The van der Waals surface area contributed by atoms with Crippen LogP contribution in [0.3, 0.4) is 0 Å². The Balaban J connectivity index is 2.81. The number of halogens is 1. The first-order valence-electron chi connectivity index (χ1n) is 5.09. The predicted octanol–water partition coefficient (Wildman–Crippen LogP) is 3.17. The molecule has 1 aromatic carbocycles. The van der Waals surface area contributed by atoms with Crippen molar-refractivity contribution in [2.24, 2.45) is 0 Å². The van der Waals surface area contributed by atoms with Crippen molar-refractivity contribution in [2.45, 2.75) is 26.2 Å². The fourth-order valence-corrected chi connectivity index (χ4v) is 2.42. The van der Waals surface area contributed by atoms with Gasteiger partial charge in [0.1, 0.15) is 5.75 Å². The second-order valence-electron chi connectivity index (χ2n) is 3.69. The highest BCUT2D eigenvalue weighted by atomic mass is 79.9. The van der Waals surface area contributed by atoms with Crippen LogP contribution in [0.15, 0.2) is 16.6 Å². The van der Waals surface area contributed by atoms with E-state index in [1.54, 1.807) is 7.11 Å². The quantitative estimate of drug-likeness (QED) is 0.904. The van der Waals surface area contributed by atoms with Crippen LogP contribution < -0.4 is 4.74 Å². The molecule has 0 aliphatic rings. The van der Waals surface area contributed by atoms with Crippen LogP contribution in [0.1, 0.15) is 24.0 Å². The van der Waals surface area contributed by atoms with Crippen LogP contribution in [-0.2, 0) is 11.2 Å². The number of ether oxygens (including phenoxy) is 1. The minimum atomic E-state index is -0.759. The Labute approximate surface area is 104 Å². The molecule has 0 aliphatic carbocycles. The summed E-state index contributed by atoms with van der Waals surface area (Å²) in [6.45, 7) is 2.00. The molecule has 16 heavy (non-hydrogen) atoms. The average molecular weight is 287 g/mol. The van der Waals surface area contributed by atoms with Crippen LogP contribution in [0.4, 0.5) is 0 Å². The molecule has 4 heteroatoms. The molecule has 3 nitrogen and oxygen atoms in total. The number of rotatable bonds is 5. The zero-order chi connectivity index (χ0) is 12.1. The van der Waals surface area contributed by atoms with E-state index in [-0.39, 0.29) is 6.42 Å². The van der Waals surface area contributed by atoms with Crippen molar-refractivity contribution in [3.05, 3.63) is 27.7 Å². The number of aliphatic carboxylic acids is 1. The molecule has 1 N–H and O–H groups in total. The highest BCUT2D eigenvalue weighted by molar-refractivity contribution is 9.10. The van der Waals surface area contributed by atoms with Crippen LogP contribution in [0.5, 0.6) is 5.75 Å². The summed E-state index contributed by atoms with van der Waals surface area (Å²) in [7, 11) is 1.62. The van der Waals surface area contributed by atoms with E-state index >= 15 is 0 Å². The van der Waals surface area contributed by atoms with Crippen LogP contribution >= 0.6 is 15.9 Å². The lowest BCUT2D eigenvalue weighted by molar-refractivity contribution is -0.137. The molecule has 0 saturated carbocycles. The maximum Gasteiger partial charge on any atom is 0.303 e. The monoisotopic (exact) mass is 286 g/mol. The first-order chi connectivity index (χ1) is 7.54. The molecule has 0 atom stereocenters. The molecule has 0 unspecified atom stereocenters. The topological polar surface area (TPSA) is 46.5 Å². The highest BCUT2D eigenvalue weighted by Gasteiger charge is 2.09. The molecule has 1 rings (SSSR count). The van der Waals surface area contributed by atoms with Crippen molar-refractivity contribution in [1.82, 2.24) is 0 Å². The molecule has 0 heterocycles. The van der Waals surface area contributed by atoms with Gasteiger partial charge in [-0.05, 0) is 52.9 Å². The third-order valence-corrected chi connectivity index (χ3v) is 2.89. The maximum atomic E-state index is 10.4. The number of carboxylic acid groups (broad SMARTS) is 1. The molecule has 0 bridgehead atoms. The smallest absolute Gasteiger partial charge is 0.303 e. The molecule has 0 aromatic heterocycles. The minimum absolute atomic E-state index is 0.189. The normalized spacial score (nSPS) is 10.2. The van der Waals surface area contributed by atoms with Crippen LogP contribution in [0, 0.1) is 6.92 Å². The van der Waals surface area contributed by atoms with Crippen LogP contribution in [-0.4, -0.2) is 18.2 Å². The fourth-order valence-electron chi connectivity index (χ4n) is 1.65. The molecule has 88 valence electrons. The Morgan fingerprint density at radius 3 is 2.75 bits per heavy atom. The van der Waals surface area contributed by atoms with Gasteiger partial charge >= 0.3 is 5.97 Å². The van der Waals surface area contributed by atoms with Gasteiger partial charge < -0.3 is 9.84 Å². The lowest BCUT2D eigenvalue weighted by Crippen LogP contribution is -1.98. The first kappa shape index (κ1) is 13.0. The van der Waals surface area contributed by atoms with E-state index in [2.05, 4.69) is 15.9 Å². The number of carboxylic acids is 1. The number of methoxy groups -OCH3 is 1. The lowest BCUT2D eigenvalue weighted by atomic mass is 10.0. The third-order valence-electron chi connectivity index (χ3n) is 2.31. The summed E-state index contributed by atoms with van der Waals surface area (Å²) in [5.74, 6) is 0.0432. The Bertz CT molecular complexity index is 388. The summed E-state index contributed by atoms with van der Waals surface area (Å²) in [4.78, 5) is 10.4. The van der Waals surface area contributed by atoms with E-state index in [4.69, 9.17) is 9.84 Å². The number of hydrogen-bond donors (Lipinski definition) is 1. The Kier molecular flexibility index (Phi) is 4.80. The summed E-state index contributed by atoms with van der Waals surface area (Å²) in [5.41, 5.74) is 2.19. The third kappa shape index (κ3) is 3.52. The second kappa shape index (κ2) is 5.89. The van der Waals surface area contributed by atoms with Gasteiger partial charge in [0.25, 0.3) is 0 Å². The summed E-state index contributed by atoms with van der Waals surface area (Å²) in [5, 5.41) is 8.59.